The molecule has 4 atom stereocenters. The molecule has 2 aliphatic heterocycles. The van der Waals surface area contributed by atoms with E-state index in [1.54, 1.807) is 54.6 Å². The van der Waals surface area contributed by atoms with Gasteiger partial charge in [0, 0.05) is 17.2 Å². The van der Waals surface area contributed by atoms with E-state index in [2.05, 4.69) is 5.32 Å². The third kappa shape index (κ3) is 3.37. The first-order chi connectivity index (χ1) is 17.3. The van der Waals surface area contributed by atoms with Gasteiger partial charge in [0.25, 0.3) is 0 Å². The molecule has 3 aromatic rings. The van der Waals surface area contributed by atoms with Gasteiger partial charge >= 0.3 is 5.97 Å². The molecule has 3 aromatic carbocycles. The minimum Gasteiger partial charge on any atom is -0.467 e. The molecule has 0 aromatic heterocycles. The summed E-state index contributed by atoms with van der Waals surface area (Å²) in [6, 6.07) is 19.7. The van der Waals surface area contributed by atoms with E-state index >= 15 is 4.39 Å². The third-order valence-corrected chi connectivity index (χ3v) is 7.05. The van der Waals surface area contributed by atoms with Crippen molar-refractivity contribution in [3.05, 3.63) is 101 Å². The summed E-state index contributed by atoms with van der Waals surface area (Å²) >= 11 is 0. The molecule has 0 spiro atoms. The van der Waals surface area contributed by atoms with E-state index in [-0.39, 0.29) is 17.0 Å². The number of hydrogen-bond acceptors (Lipinski definition) is 6. The summed E-state index contributed by atoms with van der Waals surface area (Å²) in [6.45, 7) is 1.39. The molecule has 2 fully saturated rings. The van der Waals surface area contributed by atoms with Gasteiger partial charge in [-0.2, -0.15) is 0 Å². The van der Waals surface area contributed by atoms with Gasteiger partial charge in [-0.15, -0.1) is 0 Å². The Morgan fingerprint density at radius 2 is 1.64 bits per heavy atom. The van der Waals surface area contributed by atoms with Crippen LogP contribution in [-0.2, 0) is 24.7 Å². The summed E-state index contributed by atoms with van der Waals surface area (Å²) in [5.74, 6) is -5.10. The Labute approximate surface area is 206 Å². The van der Waals surface area contributed by atoms with Gasteiger partial charge in [-0.25, -0.2) is 14.1 Å². The zero-order chi connectivity index (χ0) is 25.6. The fourth-order valence-corrected chi connectivity index (χ4v) is 5.45. The Bertz CT molecular complexity index is 1390. The number of esters is 1. The van der Waals surface area contributed by atoms with E-state index in [0.29, 0.717) is 11.1 Å². The number of methoxy groups -OCH3 is 1. The van der Waals surface area contributed by atoms with Crippen LogP contribution in [0.15, 0.2) is 78.9 Å². The fourth-order valence-electron chi connectivity index (χ4n) is 5.45. The van der Waals surface area contributed by atoms with E-state index in [1.165, 1.54) is 38.3 Å². The lowest BCUT2D eigenvalue weighted by Gasteiger charge is -2.33. The molecule has 2 amide bonds. The van der Waals surface area contributed by atoms with Crippen LogP contribution in [0.3, 0.4) is 0 Å². The Hall–Kier alpha value is -4.17. The number of fused-ring (bicyclic) bond motifs is 1. The minimum atomic E-state index is -1.74. The number of halogens is 1. The van der Waals surface area contributed by atoms with Crippen LogP contribution >= 0.6 is 0 Å². The smallest absolute Gasteiger partial charge is 0.331 e. The van der Waals surface area contributed by atoms with E-state index in [1.807, 2.05) is 0 Å². The number of Topliss-reactive ketones (excluding diaryl/α,β-unsaturated/α-hetero) is 1. The number of carbonyl (C=O) groups is 4. The van der Waals surface area contributed by atoms with Crippen LogP contribution in [-0.4, -0.2) is 30.7 Å². The molecule has 0 aliphatic carbocycles. The van der Waals surface area contributed by atoms with Crippen molar-refractivity contribution in [2.45, 2.75) is 18.5 Å². The number of carbonyl (C=O) groups excluding carboxylic acids is 4. The summed E-state index contributed by atoms with van der Waals surface area (Å²) < 4.78 is 20.2. The molecule has 7 nitrogen and oxygen atoms in total. The lowest BCUT2D eigenvalue weighted by molar-refractivity contribution is -0.152. The van der Waals surface area contributed by atoms with Crippen LogP contribution in [0.2, 0.25) is 0 Å². The predicted molar refractivity (Wildman–Crippen MR) is 128 cm³/mol. The number of rotatable bonds is 5. The number of ketones is 1. The molecule has 2 aliphatic rings. The van der Waals surface area contributed by atoms with Gasteiger partial charge in [0.15, 0.2) is 11.3 Å². The second-order valence-electron chi connectivity index (χ2n) is 8.93. The first kappa shape index (κ1) is 23.6. The number of nitrogens with one attached hydrogen (secondary N) is 1. The van der Waals surface area contributed by atoms with Gasteiger partial charge in [-0.1, -0.05) is 60.7 Å². The number of nitrogens with zero attached hydrogens (tertiary/aromatic N) is 1. The maximum Gasteiger partial charge on any atom is 0.331 e. The van der Waals surface area contributed by atoms with Crippen molar-refractivity contribution in [1.82, 2.24) is 5.32 Å². The average Bonchev–Trinajstić information content (AvgIpc) is 3.38. The first-order valence-electron chi connectivity index (χ1n) is 11.5. The standard InChI is InChI=1S/C28H23FN2O5/c1-16(32)17-9-8-12-19(15-17)31-25(33)22-23(26(31)34)28(27(35)36-2,18-10-4-3-5-11-18)30-24(22)20-13-6-7-14-21(20)29/h3-15,22-24,30H,1-2H3/t22-,23+,24+,28-/m1/s1. The van der Waals surface area contributed by atoms with Crippen LogP contribution in [0.1, 0.15) is 34.5 Å². The lowest BCUT2D eigenvalue weighted by Crippen LogP contribution is -2.53. The number of benzene rings is 3. The average molecular weight is 486 g/mol. The predicted octanol–water partition coefficient (Wildman–Crippen LogP) is 3.55. The quantitative estimate of drug-likeness (QED) is 0.337. The molecular formula is C28H23FN2O5. The van der Waals surface area contributed by atoms with Gasteiger partial charge in [0.2, 0.25) is 11.8 Å². The lowest BCUT2D eigenvalue weighted by atomic mass is 9.75. The molecule has 5 rings (SSSR count). The monoisotopic (exact) mass is 486 g/mol. The largest absolute Gasteiger partial charge is 0.467 e. The van der Waals surface area contributed by atoms with Gasteiger partial charge in [-0.05, 0) is 30.7 Å². The van der Waals surface area contributed by atoms with Crippen molar-refractivity contribution < 1.29 is 28.3 Å². The van der Waals surface area contributed by atoms with E-state index in [0.717, 1.165) is 4.90 Å². The Morgan fingerprint density at radius 3 is 2.31 bits per heavy atom. The van der Waals surface area contributed by atoms with Gasteiger partial charge < -0.3 is 4.74 Å². The minimum absolute atomic E-state index is 0.162. The van der Waals surface area contributed by atoms with Crippen molar-refractivity contribution in [2.75, 3.05) is 12.0 Å². The Kier molecular flexibility index (Phi) is 5.76. The molecule has 0 unspecified atom stereocenters. The maximum absolute atomic E-state index is 15.0. The van der Waals surface area contributed by atoms with Crippen LogP contribution in [0.4, 0.5) is 10.1 Å². The van der Waals surface area contributed by atoms with Crippen LogP contribution in [0, 0.1) is 17.7 Å². The SMILES string of the molecule is COC(=O)[C@]1(c2ccccc2)N[C@@H](c2ccccc2F)[C@@H]2C(=O)N(c3cccc(C(C)=O)c3)C(=O)[C@H]21. The molecule has 0 bridgehead atoms. The summed E-state index contributed by atoms with van der Waals surface area (Å²) in [7, 11) is 1.20. The summed E-state index contributed by atoms with van der Waals surface area (Å²) in [4.78, 5) is 54.4. The van der Waals surface area contributed by atoms with E-state index in [9.17, 15) is 19.2 Å². The summed E-state index contributed by atoms with van der Waals surface area (Å²) in [6.07, 6.45) is 0. The van der Waals surface area contributed by atoms with Gasteiger partial charge in [0.05, 0.1) is 24.6 Å². The molecule has 2 heterocycles. The number of imide groups is 1. The molecule has 8 heteroatoms. The van der Waals surface area contributed by atoms with Crippen molar-refractivity contribution in [3.63, 3.8) is 0 Å². The summed E-state index contributed by atoms with van der Waals surface area (Å²) in [5.41, 5.74) is -0.615. The molecular weight excluding hydrogens is 463 g/mol. The normalized spacial score (nSPS) is 25.1. The second-order valence-corrected chi connectivity index (χ2v) is 8.93. The topological polar surface area (TPSA) is 92.8 Å². The van der Waals surface area contributed by atoms with Crippen LogP contribution in [0.5, 0.6) is 0 Å². The number of amides is 2. The van der Waals surface area contributed by atoms with Crippen molar-refractivity contribution >= 4 is 29.3 Å². The number of ether oxygens (including phenoxy) is 1. The molecule has 0 radical (unpaired) electrons. The summed E-state index contributed by atoms with van der Waals surface area (Å²) in [5, 5.41) is 3.16. The van der Waals surface area contributed by atoms with Crippen molar-refractivity contribution in [1.29, 1.82) is 0 Å². The van der Waals surface area contributed by atoms with E-state index < -0.39 is 47.0 Å². The number of hydrogen-bond donors (Lipinski definition) is 1. The highest BCUT2D eigenvalue weighted by atomic mass is 19.1. The molecule has 2 saturated heterocycles. The highest BCUT2D eigenvalue weighted by Gasteiger charge is 2.70. The fraction of sp³-hybridized carbons (Fsp3) is 0.214. The van der Waals surface area contributed by atoms with Gasteiger partial charge in [-0.3, -0.25) is 19.7 Å². The second kappa shape index (κ2) is 8.80. The van der Waals surface area contributed by atoms with E-state index in [4.69, 9.17) is 4.74 Å². The molecule has 0 saturated carbocycles. The highest BCUT2D eigenvalue weighted by molar-refractivity contribution is 6.24. The molecule has 182 valence electrons. The van der Waals surface area contributed by atoms with Crippen molar-refractivity contribution in [3.8, 4) is 0 Å². The molecule has 1 N–H and O–H groups in total. The van der Waals surface area contributed by atoms with Crippen LogP contribution < -0.4 is 10.2 Å². The van der Waals surface area contributed by atoms with Gasteiger partial charge in [0.1, 0.15) is 5.82 Å². The zero-order valence-corrected chi connectivity index (χ0v) is 19.6. The van der Waals surface area contributed by atoms with Crippen molar-refractivity contribution in [2.24, 2.45) is 11.8 Å². The maximum atomic E-state index is 15.0. The Morgan fingerprint density at radius 1 is 0.944 bits per heavy atom. The highest BCUT2D eigenvalue weighted by Crippen LogP contribution is 2.54. The van der Waals surface area contributed by atoms with Crippen LogP contribution in [0.25, 0.3) is 0 Å². The first-order valence-corrected chi connectivity index (χ1v) is 11.5. The number of anilines is 1. The zero-order valence-electron chi connectivity index (χ0n) is 19.6. The Balaban J connectivity index is 1.74. The molecule has 36 heavy (non-hydrogen) atoms. The third-order valence-electron chi connectivity index (χ3n) is 7.05.